The molecule has 1 aliphatic heterocycles. The molecular formula is C15H17ClN2O4S. The summed E-state index contributed by atoms with van der Waals surface area (Å²) in [5, 5.41) is 5.16. The number of benzene rings is 1. The topological polar surface area (TPSA) is 84.5 Å². The van der Waals surface area contributed by atoms with E-state index in [-0.39, 0.29) is 24.8 Å². The third-order valence-electron chi connectivity index (χ3n) is 3.16. The van der Waals surface area contributed by atoms with Crippen LogP contribution < -0.4 is 10.6 Å². The van der Waals surface area contributed by atoms with Gasteiger partial charge in [0.15, 0.2) is 0 Å². The Labute approximate surface area is 143 Å². The van der Waals surface area contributed by atoms with Crippen molar-refractivity contribution in [2.75, 3.05) is 17.7 Å². The van der Waals surface area contributed by atoms with Gasteiger partial charge in [0, 0.05) is 12.2 Å². The number of hydrogen-bond donors (Lipinski definition) is 2. The van der Waals surface area contributed by atoms with E-state index in [2.05, 4.69) is 10.6 Å². The maximum Gasteiger partial charge on any atom is 0.329 e. The van der Waals surface area contributed by atoms with Crippen LogP contribution in [0.3, 0.4) is 0 Å². The highest BCUT2D eigenvalue weighted by molar-refractivity contribution is 8.00. The van der Waals surface area contributed by atoms with Gasteiger partial charge in [0.05, 0.1) is 22.6 Å². The third kappa shape index (κ3) is 4.87. The van der Waals surface area contributed by atoms with Gasteiger partial charge in [-0.25, -0.2) is 4.79 Å². The van der Waals surface area contributed by atoms with Crippen LogP contribution >= 0.6 is 23.4 Å². The maximum absolute atomic E-state index is 12.0. The first-order chi connectivity index (χ1) is 11.0. The highest BCUT2D eigenvalue weighted by Crippen LogP contribution is 2.24. The summed E-state index contributed by atoms with van der Waals surface area (Å²) < 4.78 is 4.88. The fourth-order valence-corrected chi connectivity index (χ4v) is 3.36. The van der Waals surface area contributed by atoms with Crippen molar-refractivity contribution in [3.8, 4) is 0 Å². The third-order valence-corrected chi connectivity index (χ3v) is 4.80. The van der Waals surface area contributed by atoms with Crippen LogP contribution in [0, 0.1) is 0 Å². The number of ether oxygens (including phenoxy) is 1. The van der Waals surface area contributed by atoms with Crippen molar-refractivity contribution in [3.05, 3.63) is 29.3 Å². The summed E-state index contributed by atoms with van der Waals surface area (Å²) in [6.45, 7) is 1.97. The van der Waals surface area contributed by atoms with E-state index in [9.17, 15) is 14.4 Å². The van der Waals surface area contributed by atoms with Crippen LogP contribution in [0.4, 0.5) is 5.69 Å². The summed E-state index contributed by atoms with van der Waals surface area (Å²) in [4.78, 5) is 35.7. The number of nitrogens with one attached hydrogen (secondary N) is 2. The van der Waals surface area contributed by atoms with Crippen LogP contribution in [0.25, 0.3) is 0 Å². The molecule has 0 radical (unpaired) electrons. The van der Waals surface area contributed by atoms with Crippen molar-refractivity contribution in [2.24, 2.45) is 0 Å². The Morgan fingerprint density at radius 3 is 2.83 bits per heavy atom. The number of rotatable bonds is 5. The molecule has 1 aromatic rings. The summed E-state index contributed by atoms with van der Waals surface area (Å²) in [5.41, 5.74) is 0.504. The molecule has 1 aromatic carbocycles. The van der Waals surface area contributed by atoms with E-state index in [1.807, 2.05) is 0 Å². The fraction of sp³-hybridized carbons (Fsp3) is 0.400. The van der Waals surface area contributed by atoms with Crippen molar-refractivity contribution in [3.63, 3.8) is 0 Å². The highest BCUT2D eigenvalue weighted by Gasteiger charge is 2.34. The van der Waals surface area contributed by atoms with Gasteiger partial charge in [-0.05, 0) is 19.1 Å². The average molecular weight is 357 g/mol. The lowest BCUT2D eigenvalue weighted by Gasteiger charge is -2.27. The molecule has 1 heterocycles. The van der Waals surface area contributed by atoms with Crippen LogP contribution in [-0.2, 0) is 19.1 Å². The second-order valence-electron chi connectivity index (χ2n) is 4.87. The maximum atomic E-state index is 12.0. The molecule has 6 nitrogen and oxygen atoms in total. The smallest absolute Gasteiger partial charge is 0.329 e. The first kappa shape index (κ1) is 17.6. The van der Waals surface area contributed by atoms with Crippen LogP contribution in [-0.4, -0.2) is 41.4 Å². The molecule has 8 heteroatoms. The Balaban J connectivity index is 1.87. The van der Waals surface area contributed by atoms with E-state index >= 15 is 0 Å². The van der Waals surface area contributed by atoms with E-state index in [1.165, 1.54) is 11.8 Å². The van der Waals surface area contributed by atoms with E-state index in [0.717, 1.165) is 0 Å². The lowest BCUT2D eigenvalue weighted by molar-refractivity contribution is -0.146. The molecule has 124 valence electrons. The molecule has 1 fully saturated rings. The SMILES string of the molecule is CCOC(=O)[C@@H]1CS[C@H](CC(=O)Nc2ccccc2Cl)C(=O)N1. The quantitative estimate of drug-likeness (QED) is 0.786. The minimum Gasteiger partial charge on any atom is -0.464 e. The average Bonchev–Trinajstić information content (AvgIpc) is 2.52. The molecule has 0 aromatic heterocycles. The predicted molar refractivity (Wildman–Crippen MR) is 89.5 cm³/mol. The fourth-order valence-electron chi connectivity index (χ4n) is 2.05. The molecule has 1 aliphatic rings. The molecule has 0 aliphatic carbocycles. The molecule has 0 bridgehead atoms. The van der Waals surface area contributed by atoms with Crippen LogP contribution in [0.2, 0.25) is 5.02 Å². The van der Waals surface area contributed by atoms with E-state index in [0.29, 0.717) is 16.5 Å². The number of carbonyl (C=O) groups is 3. The van der Waals surface area contributed by atoms with Gasteiger partial charge in [-0.1, -0.05) is 23.7 Å². The normalized spacial score (nSPS) is 20.5. The largest absolute Gasteiger partial charge is 0.464 e. The first-order valence-corrected chi connectivity index (χ1v) is 8.57. The molecule has 2 amide bonds. The number of para-hydroxylation sites is 1. The molecule has 0 spiro atoms. The summed E-state index contributed by atoms with van der Waals surface area (Å²) in [7, 11) is 0. The van der Waals surface area contributed by atoms with Crippen LogP contribution in [0.5, 0.6) is 0 Å². The molecular weight excluding hydrogens is 340 g/mol. The monoisotopic (exact) mass is 356 g/mol. The minimum atomic E-state index is -0.657. The predicted octanol–water partition coefficient (Wildman–Crippen LogP) is 1.83. The van der Waals surface area contributed by atoms with Crippen LogP contribution in [0.15, 0.2) is 24.3 Å². The van der Waals surface area contributed by atoms with Crippen molar-refractivity contribution >= 4 is 46.8 Å². The summed E-state index contributed by atoms with van der Waals surface area (Å²) in [6.07, 6.45) is 0.0112. The number of hydrogen-bond acceptors (Lipinski definition) is 5. The zero-order valence-electron chi connectivity index (χ0n) is 12.5. The van der Waals surface area contributed by atoms with Gasteiger partial charge in [-0.2, -0.15) is 0 Å². The summed E-state index contributed by atoms with van der Waals surface area (Å²) in [5.74, 6) is -0.713. The first-order valence-electron chi connectivity index (χ1n) is 7.14. The zero-order chi connectivity index (χ0) is 16.8. The zero-order valence-corrected chi connectivity index (χ0v) is 14.1. The van der Waals surface area contributed by atoms with Crippen molar-refractivity contribution in [2.45, 2.75) is 24.6 Å². The molecule has 1 saturated heterocycles. The number of esters is 1. The van der Waals surface area contributed by atoms with Gasteiger partial charge < -0.3 is 15.4 Å². The van der Waals surface area contributed by atoms with Gasteiger partial charge in [-0.15, -0.1) is 11.8 Å². The second-order valence-corrected chi connectivity index (χ2v) is 6.51. The van der Waals surface area contributed by atoms with E-state index in [4.69, 9.17) is 16.3 Å². The second kappa shape index (κ2) is 8.21. The van der Waals surface area contributed by atoms with Crippen molar-refractivity contribution in [1.82, 2.24) is 5.32 Å². The lowest BCUT2D eigenvalue weighted by atomic mass is 10.2. The Kier molecular flexibility index (Phi) is 6.29. The Morgan fingerprint density at radius 2 is 2.17 bits per heavy atom. The standard InChI is InChI=1S/C15H17ClN2O4S/c1-2-22-15(21)11-8-23-12(14(20)18-11)7-13(19)17-10-6-4-3-5-9(10)16/h3-6,11-12H,2,7-8H2,1H3,(H,17,19)(H,18,20)/t11-,12+/m0/s1. The molecule has 0 saturated carbocycles. The van der Waals surface area contributed by atoms with Crippen molar-refractivity contribution < 1.29 is 19.1 Å². The summed E-state index contributed by atoms with van der Waals surface area (Å²) in [6, 6.07) is 6.22. The molecule has 0 unspecified atom stereocenters. The van der Waals surface area contributed by atoms with Crippen molar-refractivity contribution in [1.29, 1.82) is 0 Å². The lowest BCUT2D eigenvalue weighted by Crippen LogP contribution is -2.51. The molecule has 2 atom stereocenters. The Bertz CT molecular complexity index is 611. The van der Waals surface area contributed by atoms with E-state index in [1.54, 1.807) is 31.2 Å². The minimum absolute atomic E-state index is 0.0112. The molecule has 2 rings (SSSR count). The Morgan fingerprint density at radius 1 is 1.43 bits per heavy atom. The van der Waals surface area contributed by atoms with Gasteiger partial charge in [0.25, 0.3) is 0 Å². The number of thioether (sulfide) groups is 1. The Hall–Kier alpha value is -1.73. The highest BCUT2D eigenvalue weighted by atomic mass is 35.5. The van der Waals surface area contributed by atoms with Gasteiger partial charge >= 0.3 is 5.97 Å². The molecule has 2 N–H and O–H groups in total. The van der Waals surface area contributed by atoms with Gasteiger partial charge in [0.1, 0.15) is 6.04 Å². The van der Waals surface area contributed by atoms with Crippen LogP contribution in [0.1, 0.15) is 13.3 Å². The van der Waals surface area contributed by atoms with Gasteiger partial charge in [0.2, 0.25) is 11.8 Å². The van der Waals surface area contributed by atoms with Gasteiger partial charge in [-0.3, -0.25) is 9.59 Å². The number of amides is 2. The molecule has 23 heavy (non-hydrogen) atoms. The summed E-state index contributed by atoms with van der Waals surface area (Å²) >= 11 is 7.24. The number of anilines is 1. The van der Waals surface area contributed by atoms with E-state index < -0.39 is 17.3 Å². The number of halogens is 1. The number of carbonyl (C=O) groups excluding carboxylic acids is 3.